The molecule has 0 saturated carbocycles. The second-order valence-electron chi connectivity index (χ2n) is 6.73. The molecule has 0 unspecified atom stereocenters. The van der Waals surface area contributed by atoms with E-state index in [9.17, 15) is 14.9 Å². The molecule has 0 bridgehead atoms. The van der Waals surface area contributed by atoms with E-state index in [0.717, 1.165) is 25.7 Å². The summed E-state index contributed by atoms with van der Waals surface area (Å²) in [6.07, 6.45) is 5.36. The monoisotopic (exact) mass is 417 g/mol. The lowest BCUT2D eigenvalue weighted by Gasteiger charge is -2.12. The van der Waals surface area contributed by atoms with Gasteiger partial charge in [0.05, 0.1) is 24.9 Å². The number of nitro groups is 1. The average molecular weight is 417 g/mol. The quantitative estimate of drug-likeness (QED) is 0.246. The number of aryl methyl sites for hydroxylation is 1. The van der Waals surface area contributed by atoms with Gasteiger partial charge >= 0.3 is 5.69 Å². The van der Waals surface area contributed by atoms with Crippen LogP contribution in [0.25, 0.3) is 0 Å². The molecule has 0 atom stereocenters. The summed E-state index contributed by atoms with van der Waals surface area (Å²) >= 11 is 0. The summed E-state index contributed by atoms with van der Waals surface area (Å²) in [6, 6.07) is 2.95. The molecule has 30 heavy (non-hydrogen) atoms. The molecule has 0 amide bonds. The first kappa shape index (κ1) is 22.9. The molecular formula is C20H27N5O5. The van der Waals surface area contributed by atoms with Crippen molar-refractivity contribution in [1.29, 1.82) is 0 Å². The van der Waals surface area contributed by atoms with E-state index < -0.39 is 4.92 Å². The van der Waals surface area contributed by atoms with Crippen molar-refractivity contribution in [2.75, 3.05) is 19.1 Å². The van der Waals surface area contributed by atoms with E-state index in [1.165, 1.54) is 19.4 Å². The summed E-state index contributed by atoms with van der Waals surface area (Å²) in [5.74, 6) is 0.524. The smallest absolute Gasteiger partial charge is 0.315 e. The van der Waals surface area contributed by atoms with Gasteiger partial charge in [0.15, 0.2) is 5.75 Å². The van der Waals surface area contributed by atoms with Crippen LogP contribution in [0.4, 0.5) is 11.6 Å². The number of methoxy groups -OCH3 is 1. The molecule has 2 N–H and O–H groups in total. The van der Waals surface area contributed by atoms with Crippen LogP contribution in [0.1, 0.15) is 49.4 Å². The second kappa shape index (κ2) is 10.9. The van der Waals surface area contributed by atoms with Crippen molar-refractivity contribution < 1.29 is 14.4 Å². The van der Waals surface area contributed by atoms with Crippen LogP contribution in [0, 0.1) is 24.0 Å². The summed E-state index contributed by atoms with van der Waals surface area (Å²) in [6.45, 7) is 5.87. The Balaban J connectivity index is 2.20. The van der Waals surface area contributed by atoms with Gasteiger partial charge in [0, 0.05) is 22.9 Å². The van der Waals surface area contributed by atoms with E-state index in [2.05, 4.69) is 27.4 Å². The lowest BCUT2D eigenvalue weighted by molar-refractivity contribution is -0.386. The molecule has 162 valence electrons. The van der Waals surface area contributed by atoms with Crippen molar-refractivity contribution in [2.24, 2.45) is 5.10 Å². The topological polar surface area (TPSA) is 132 Å². The molecule has 2 aromatic rings. The van der Waals surface area contributed by atoms with Crippen molar-refractivity contribution >= 4 is 17.9 Å². The summed E-state index contributed by atoms with van der Waals surface area (Å²) in [4.78, 5) is 29.5. The maximum Gasteiger partial charge on any atom is 0.315 e. The summed E-state index contributed by atoms with van der Waals surface area (Å²) < 4.78 is 10.9. The van der Waals surface area contributed by atoms with E-state index >= 15 is 0 Å². The predicted octanol–water partition coefficient (Wildman–Crippen LogP) is 3.71. The Kier molecular flexibility index (Phi) is 8.33. The average Bonchev–Trinajstić information content (AvgIpc) is 2.71. The van der Waals surface area contributed by atoms with E-state index in [-0.39, 0.29) is 28.7 Å². The van der Waals surface area contributed by atoms with E-state index in [1.807, 2.05) is 0 Å². The summed E-state index contributed by atoms with van der Waals surface area (Å²) in [5, 5.41) is 15.5. The first-order chi connectivity index (χ1) is 14.4. The van der Waals surface area contributed by atoms with Gasteiger partial charge in [0.2, 0.25) is 11.7 Å². The first-order valence-corrected chi connectivity index (χ1v) is 9.73. The molecule has 0 aliphatic rings. The van der Waals surface area contributed by atoms with E-state index in [4.69, 9.17) is 9.47 Å². The van der Waals surface area contributed by atoms with Crippen molar-refractivity contribution in [3.05, 3.63) is 49.4 Å². The van der Waals surface area contributed by atoms with Gasteiger partial charge < -0.3 is 9.47 Å². The Labute approximate surface area is 174 Å². The number of benzene rings is 1. The van der Waals surface area contributed by atoms with Gasteiger partial charge in [-0.05, 0) is 26.3 Å². The Bertz CT molecular complexity index is 971. The van der Waals surface area contributed by atoms with Gasteiger partial charge in [0.25, 0.3) is 5.56 Å². The van der Waals surface area contributed by atoms with Crippen LogP contribution in [0.5, 0.6) is 11.5 Å². The van der Waals surface area contributed by atoms with Gasteiger partial charge in [-0.2, -0.15) is 5.10 Å². The van der Waals surface area contributed by atoms with Crippen LogP contribution in [-0.2, 0) is 0 Å². The molecule has 10 nitrogen and oxygen atoms in total. The standard InChI is InChI=1S/C20H27N5O5/c1-5-6-7-8-9-30-18-16(25(27)28)10-15(11-17(18)29-4)12-21-24-20-22-14(3)13(2)19(26)23-20/h10-12H,5-9H2,1-4H3,(H2,22,23,24,26)/b21-12-. The van der Waals surface area contributed by atoms with Crippen LogP contribution in [0.3, 0.4) is 0 Å². The Morgan fingerprint density at radius 3 is 2.70 bits per heavy atom. The zero-order valence-electron chi connectivity index (χ0n) is 17.7. The molecular weight excluding hydrogens is 390 g/mol. The first-order valence-electron chi connectivity index (χ1n) is 9.73. The Hall–Kier alpha value is -3.43. The largest absolute Gasteiger partial charge is 0.493 e. The number of hydrazone groups is 1. The molecule has 0 aliphatic heterocycles. The lowest BCUT2D eigenvalue weighted by atomic mass is 10.1. The van der Waals surface area contributed by atoms with Crippen molar-refractivity contribution in [3.8, 4) is 11.5 Å². The third-order valence-electron chi connectivity index (χ3n) is 4.50. The molecule has 0 spiro atoms. The summed E-state index contributed by atoms with van der Waals surface area (Å²) in [7, 11) is 1.42. The number of aromatic nitrogens is 2. The number of unbranched alkanes of at least 4 members (excludes halogenated alkanes) is 3. The fourth-order valence-electron chi connectivity index (χ4n) is 2.68. The number of H-pyrrole nitrogens is 1. The number of hydrogen-bond acceptors (Lipinski definition) is 8. The van der Waals surface area contributed by atoms with Crippen LogP contribution in [-0.4, -0.2) is 34.8 Å². The maximum absolute atomic E-state index is 11.8. The predicted molar refractivity (Wildman–Crippen MR) is 115 cm³/mol. The number of anilines is 1. The highest BCUT2D eigenvalue weighted by Crippen LogP contribution is 2.38. The van der Waals surface area contributed by atoms with Crippen molar-refractivity contribution in [1.82, 2.24) is 9.97 Å². The molecule has 0 aliphatic carbocycles. The molecule has 0 radical (unpaired) electrons. The van der Waals surface area contributed by atoms with Gasteiger partial charge in [-0.15, -0.1) is 0 Å². The maximum atomic E-state index is 11.8. The number of aromatic amines is 1. The highest BCUT2D eigenvalue weighted by molar-refractivity contribution is 5.83. The molecule has 0 fully saturated rings. The normalized spacial score (nSPS) is 10.9. The number of ether oxygens (including phenoxy) is 2. The fraction of sp³-hybridized carbons (Fsp3) is 0.450. The van der Waals surface area contributed by atoms with E-state index in [1.54, 1.807) is 19.9 Å². The van der Waals surface area contributed by atoms with Crippen LogP contribution < -0.4 is 20.5 Å². The van der Waals surface area contributed by atoms with Crippen molar-refractivity contribution in [2.45, 2.75) is 46.5 Å². The number of nitrogens with zero attached hydrogens (tertiary/aromatic N) is 3. The number of nitro benzene ring substituents is 1. The Morgan fingerprint density at radius 2 is 2.07 bits per heavy atom. The zero-order valence-corrected chi connectivity index (χ0v) is 17.7. The number of hydrogen-bond donors (Lipinski definition) is 2. The molecule has 1 aromatic carbocycles. The van der Waals surface area contributed by atoms with Crippen LogP contribution in [0.2, 0.25) is 0 Å². The Morgan fingerprint density at radius 1 is 1.30 bits per heavy atom. The van der Waals surface area contributed by atoms with Gasteiger partial charge in [-0.25, -0.2) is 10.4 Å². The van der Waals surface area contributed by atoms with Crippen molar-refractivity contribution in [3.63, 3.8) is 0 Å². The lowest BCUT2D eigenvalue weighted by Crippen LogP contribution is -2.15. The number of rotatable bonds is 11. The highest BCUT2D eigenvalue weighted by Gasteiger charge is 2.22. The highest BCUT2D eigenvalue weighted by atomic mass is 16.6. The zero-order chi connectivity index (χ0) is 22.1. The molecule has 0 saturated heterocycles. The SMILES string of the molecule is CCCCCCOc1c(OC)cc(/C=N\Nc2nc(C)c(C)c(=O)[nH]2)cc1[N+](=O)[O-]. The van der Waals surface area contributed by atoms with E-state index in [0.29, 0.717) is 23.4 Å². The fourth-order valence-corrected chi connectivity index (χ4v) is 2.68. The second-order valence-corrected chi connectivity index (χ2v) is 6.73. The minimum Gasteiger partial charge on any atom is -0.493 e. The third kappa shape index (κ3) is 6.03. The minimum atomic E-state index is -0.517. The summed E-state index contributed by atoms with van der Waals surface area (Å²) in [5.41, 5.74) is 3.67. The van der Waals surface area contributed by atoms with Crippen LogP contribution in [0.15, 0.2) is 22.0 Å². The van der Waals surface area contributed by atoms with Gasteiger partial charge in [-0.1, -0.05) is 26.2 Å². The molecule has 10 heteroatoms. The molecule has 2 rings (SSSR count). The third-order valence-corrected chi connectivity index (χ3v) is 4.50. The minimum absolute atomic E-state index is 0.101. The van der Waals surface area contributed by atoms with Gasteiger partial charge in [-0.3, -0.25) is 19.9 Å². The van der Waals surface area contributed by atoms with Crippen LogP contribution >= 0.6 is 0 Å². The molecule has 1 heterocycles. The van der Waals surface area contributed by atoms with Gasteiger partial charge in [0.1, 0.15) is 0 Å². The molecule has 1 aromatic heterocycles. The number of nitrogens with one attached hydrogen (secondary N) is 2.